The van der Waals surface area contributed by atoms with Crippen LogP contribution in [0.15, 0.2) is 47.1 Å². The third-order valence-electron chi connectivity index (χ3n) is 2.84. The van der Waals surface area contributed by atoms with E-state index in [1.807, 2.05) is 19.1 Å². The van der Waals surface area contributed by atoms with E-state index in [0.717, 1.165) is 22.3 Å². The van der Waals surface area contributed by atoms with Crippen molar-refractivity contribution >= 4 is 11.0 Å². The van der Waals surface area contributed by atoms with Crippen molar-refractivity contribution in [3.05, 3.63) is 54.1 Å². The van der Waals surface area contributed by atoms with Crippen LogP contribution in [0.3, 0.4) is 0 Å². The molecule has 2 nitrogen and oxygen atoms in total. The minimum absolute atomic E-state index is 0.285. The van der Waals surface area contributed by atoms with Crippen LogP contribution in [0.5, 0.6) is 0 Å². The summed E-state index contributed by atoms with van der Waals surface area (Å²) >= 11 is 0. The van der Waals surface area contributed by atoms with E-state index in [2.05, 4.69) is 4.98 Å². The summed E-state index contributed by atoms with van der Waals surface area (Å²) in [6.07, 6.45) is 3.42. The molecule has 3 heteroatoms. The molecule has 0 unspecified atom stereocenters. The van der Waals surface area contributed by atoms with Crippen molar-refractivity contribution in [1.29, 1.82) is 0 Å². The highest BCUT2D eigenvalue weighted by atomic mass is 19.1. The van der Waals surface area contributed by atoms with E-state index in [4.69, 9.17) is 4.42 Å². The standard InChI is InChI=1S/C14H10FNO/c1-9-12-3-2-11(15)8-13(12)17-14(9)10-4-6-16-7-5-10/h2-8H,1H3. The fourth-order valence-corrected chi connectivity index (χ4v) is 1.98. The van der Waals surface area contributed by atoms with Crippen molar-refractivity contribution in [2.24, 2.45) is 0 Å². The maximum atomic E-state index is 13.1. The molecule has 1 aromatic carbocycles. The Bertz CT molecular complexity index is 673. The molecule has 0 amide bonds. The van der Waals surface area contributed by atoms with Crippen molar-refractivity contribution < 1.29 is 8.81 Å². The smallest absolute Gasteiger partial charge is 0.138 e. The highest BCUT2D eigenvalue weighted by molar-refractivity contribution is 5.87. The second-order valence-electron chi connectivity index (χ2n) is 3.93. The number of halogens is 1. The predicted octanol–water partition coefficient (Wildman–Crippen LogP) is 3.94. The van der Waals surface area contributed by atoms with Gasteiger partial charge in [0, 0.05) is 35.0 Å². The Balaban J connectivity index is 2.28. The Morgan fingerprint density at radius 3 is 2.65 bits per heavy atom. The molecule has 0 bridgehead atoms. The third-order valence-corrected chi connectivity index (χ3v) is 2.84. The third kappa shape index (κ3) is 1.60. The second kappa shape index (κ2) is 3.70. The van der Waals surface area contributed by atoms with Crippen LogP contribution < -0.4 is 0 Å². The first kappa shape index (κ1) is 10.0. The largest absolute Gasteiger partial charge is 0.456 e. The van der Waals surface area contributed by atoms with Crippen LogP contribution in [0.1, 0.15) is 5.56 Å². The summed E-state index contributed by atoms with van der Waals surface area (Å²) in [5.41, 5.74) is 2.55. The van der Waals surface area contributed by atoms with Gasteiger partial charge in [0.05, 0.1) is 0 Å². The molecule has 0 radical (unpaired) electrons. The second-order valence-corrected chi connectivity index (χ2v) is 3.93. The lowest BCUT2D eigenvalue weighted by atomic mass is 10.1. The zero-order chi connectivity index (χ0) is 11.8. The quantitative estimate of drug-likeness (QED) is 0.629. The lowest BCUT2D eigenvalue weighted by Crippen LogP contribution is -1.77. The van der Waals surface area contributed by atoms with Crippen molar-refractivity contribution in [3.63, 3.8) is 0 Å². The fraction of sp³-hybridized carbons (Fsp3) is 0.0714. The summed E-state index contributed by atoms with van der Waals surface area (Å²) in [4.78, 5) is 3.97. The lowest BCUT2D eigenvalue weighted by Gasteiger charge is -1.96. The van der Waals surface area contributed by atoms with Crippen molar-refractivity contribution in [2.75, 3.05) is 0 Å². The van der Waals surface area contributed by atoms with Gasteiger partial charge in [-0.2, -0.15) is 0 Å². The van der Waals surface area contributed by atoms with Crippen LogP contribution in [0.25, 0.3) is 22.3 Å². The summed E-state index contributed by atoms with van der Waals surface area (Å²) in [5, 5.41) is 0.943. The first-order valence-electron chi connectivity index (χ1n) is 5.35. The molecule has 84 valence electrons. The van der Waals surface area contributed by atoms with E-state index in [9.17, 15) is 4.39 Å². The molecule has 0 N–H and O–H groups in total. The minimum Gasteiger partial charge on any atom is -0.456 e. The van der Waals surface area contributed by atoms with Crippen LogP contribution in [-0.2, 0) is 0 Å². The molecule has 0 saturated carbocycles. The molecule has 0 aliphatic carbocycles. The first-order valence-corrected chi connectivity index (χ1v) is 5.35. The summed E-state index contributed by atoms with van der Waals surface area (Å²) < 4.78 is 18.8. The van der Waals surface area contributed by atoms with Gasteiger partial charge in [0.1, 0.15) is 17.2 Å². The molecule has 0 fully saturated rings. The van der Waals surface area contributed by atoms with E-state index < -0.39 is 0 Å². The van der Waals surface area contributed by atoms with Gasteiger partial charge < -0.3 is 4.42 Å². The van der Waals surface area contributed by atoms with Gasteiger partial charge in [0.2, 0.25) is 0 Å². The van der Waals surface area contributed by atoms with Crippen LogP contribution in [0.4, 0.5) is 4.39 Å². The number of fused-ring (bicyclic) bond motifs is 1. The van der Waals surface area contributed by atoms with Crippen molar-refractivity contribution in [3.8, 4) is 11.3 Å². The summed E-state index contributed by atoms with van der Waals surface area (Å²) in [6, 6.07) is 8.35. The highest BCUT2D eigenvalue weighted by Gasteiger charge is 2.12. The topological polar surface area (TPSA) is 26.0 Å². The molecule has 0 saturated heterocycles. The molecule has 2 heterocycles. The average Bonchev–Trinajstić information content (AvgIpc) is 2.67. The van der Waals surface area contributed by atoms with Gasteiger partial charge in [-0.3, -0.25) is 4.98 Å². The van der Waals surface area contributed by atoms with Crippen LogP contribution in [0, 0.1) is 12.7 Å². The molecule has 0 aliphatic rings. The Labute approximate surface area is 97.7 Å². The summed E-state index contributed by atoms with van der Waals surface area (Å²) in [6.45, 7) is 1.97. The zero-order valence-electron chi connectivity index (χ0n) is 9.27. The number of hydrogen-bond acceptors (Lipinski definition) is 2. The maximum absolute atomic E-state index is 13.1. The molecule has 3 rings (SSSR count). The normalized spacial score (nSPS) is 10.9. The first-order chi connectivity index (χ1) is 8.25. The van der Waals surface area contributed by atoms with E-state index in [1.165, 1.54) is 12.1 Å². The summed E-state index contributed by atoms with van der Waals surface area (Å²) in [5.74, 6) is 0.487. The number of hydrogen-bond donors (Lipinski definition) is 0. The van der Waals surface area contributed by atoms with Gasteiger partial charge in [0.15, 0.2) is 0 Å². The molecular weight excluding hydrogens is 217 g/mol. The number of furan rings is 1. The Morgan fingerprint density at radius 1 is 1.12 bits per heavy atom. The number of benzene rings is 1. The van der Waals surface area contributed by atoms with E-state index in [-0.39, 0.29) is 5.82 Å². The SMILES string of the molecule is Cc1c(-c2ccncc2)oc2cc(F)ccc12. The van der Waals surface area contributed by atoms with Crippen LogP contribution in [0.2, 0.25) is 0 Å². The van der Waals surface area contributed by atoms with Crippen molar-refractivity contribution in [1.82, 2.24) is 4.98 Å². The van der Waals surface area contributed by atoms with Gasteiger partial charge in [0.25, 0.3) is 0 Å². The number of aromatic nitrogens is 1. The molecule has 17 heavy (non-hydrogen) atoms. The number of aryl methyl sites for hydroxylation is 1. The van der Waals surface area contributed by atoms with E-state index in [1.54, 1.807) is 18.5 Å². The molecule has 3 aromatic rings. The Morgan fingerprint density at radius 2 is 1.88 bits per heavy atom. The van der Waals surface area contributed by atoms with Gasteiger partial charge in [-0.25, -0.2) is 4.39 Å². The molecule has 0 atom stereocenters. The molecule has 2 aromatic heterocycles. The molecular formula is C14H10FNO. The fourth-order valence-electron chi connectivity index (χ4n) is 1.98. The zero-order valence-corrected chi connectivity index (χ0v) is 9.27. The van der Waals surface area contributed by atoms with Gasteiger partial charge in [-0.05, 0) is 31.2 Å². The molecule has 0 spiro atoms. The highest BCUT2D eigenvalue weighted by Crippen LogP contribution is 2.32. The maximum Gasteiger partial charge on any atom is 0.138 e. The Hall–Kier alpha value is -2.16. The van der Waals surface area contributed by atoms with E-state index in [0.29, 0.717) is 5.58 Å². The minimum atomic E-state index is -0.285. The number of pyridine rings is 1. The van der Waals surface area contributed by atoms with Crippen molar-refractivity contribution in [2.45, 2.75) is 6.92 Å². The summed E-state index contributed by atoms with van der Waals surface area (Å²) in [7, 11) is 0. The number of nitrogens with zero attached hydrogens (tertiary/aromatic N) is 1. The number of rotatable bonds is 1. The lowest BCUT2D eigenvalue weighted by molar-refractivity contribution is 0.606. The van der Waals surface area contributed by atoms with Gasteiger partial charge in [-0.15, -0.1) is 0 Å². The average molecular weight is 227 g/mol. The predicted molar refractivity (Wildman–Crippen MR) is 64.1 cm³/mol. The van der Waals surface area contributed by atoms with Gasteiger partial charge >= 0.3 is 0 Å². The monoisotopic (exact) mass is 227 g/mol. The van der Waals surface area contributed by atoms with Crippen LogP contribution >= 0.6 is 0 Å². The van der Waals surface area contributed by atoms with Gasteiger partial charge in [-0.1, -0.05) is 0 Å². The Kier molecular flexibility index (Phi) is 2.18. The van der Waals surface area contributed by atoms with E-state index >= 15 is 0 Å². The molecule has 0 aliphatic heterocycles. The van der Waals surface area contributed by atoms with Crippen LogP contribution in [-0.4, -0.2) is 4.98 Å².